The van der Waals surface area contributed by atoms with Gasteiger partial charge in [0.05, 0.1) is 11.1 Å². The highest BCUT2D eigenvalue weighted by Crippen LogP contribution is 2.33. The van der Waals surface area contributed by atoms with Gasteiger partial charge in [0.1, 0.15) is 0 Å². The van der Waals surface area contributed by atoms with E-state index in [0.717, 1.165) is 15.3 Å². The third-order valence-corrected chi connectivity index (χ3v) is 5.03. The minimum atomic E-state index is -0.852. The van der Waals surface area contributed by atoms with Crippen LogP contribution in [0.25, 0.3) is 0 Å². The molecule has 0 bridgehead atoms. The van der Waals surface area contributed by atoms with Crippen LogP contribution in [0.2, 0.25) is 0 Å². The summed E-state index contributed by atoms with van der Waals surface area (Å²) in [6.45, 7) is 1.25. The van der Waals surface area contributed by atoms with Crippen molar-refractivity contribution in [3.8, 4) is 0 Å². The zero-order valence-electron chi connectivity index (χ0n) is 11.6. The van der Waals surface area contributed by atoms with Crippen molar-refractivity contribution in [2.45, 2.75) is 19.4 Å². The normalized spacial score (nSPS) is 17.6. The van der Waals surface area contributed by atoms with Crippen LogP contribution < -0.4 is 11.2 Å². The molecule has 116 valence electrons. The van der Waals surface area contributed by atoms with E-state index in [-0.39, 0.29) is 12.0 Å². The molecule has 0 spiro atoms. The SMILES string of the molecule is Cn1cc([N+](=O)[O-])c(=O)n(CC2(CBr)CCOCC2)c1=O. The van der Waals surface area contributed by atoms with E-state index in [1.807, 2.05) is 0 Å². The van der Waals surface area contributed by atoms with Crippen LogP contribution in [-0.4, -0.2) is 32.6 Å². The van der Waals surface area contributed by atoms with E-state index in [0.29, 0.717) is 31.4 Å². The van der Waals surface area contributed by atoms with Crippen LogP contribution in [0.1, 0.15) is 12.8 Å². The smallest absolute Gasteiger partial charge is 0.350 e. The fraction of sp³-hybridized carbons (Fsp3) is 0.667. The average Bonchev–Trinajstić information content (AvgIpc) is 2.48. The highest BCUT2D eigenvalue weighted by molar-refractivity contribution is 9.09. The van der Waals surface area contributed by atoms with Gasteiger partial charge in [-0.25, -0.2) is 4.79 Å². The number of aromatic nitrogens is 2. The standard InChI is InChI=1S/C12H16BrN3O5/c1-14-6-9(16(19)20)10(17)15(11(14)18)8-12(7-13)2-4-21-5-3-12/h6H,2-5,7-8H2,1H3. The number of nitro groups is 1. The number of aryl methyl sites for hydroxylation is 1. The van der Waals surface area contributed by atoms with Crippen LogP contribution in [-0.2, 0) is 18.3 Å². The molecule has 1 saturated heterocycles. The molecular weight excluding hydrogens is 346 g/mol. The molecule has 1 aliphatic heterocycles. The number of hydrogen-bond acceptors (Lipinski definition) is 5. The van der Waals surface area contributed by atoms with Crippen LogP contribution in [0.5, 0.6) is 0 Å². The first-order valence-corrected chi connectivity index (χ1v) is 7.61. The number of ether oxygens (including phenoxy) is 1. The zero-order valence-corrected chi connectivity index (χ0v) is 13.2. The summed E-state index contributed by atoms with van der Waals surface area (Å²) >= 11 is 3.43. The molecule has 9 heteroatoms. The maximum atomic E-state index is 12.2. The number of hydrogen-bond donors (Lipinski definition) is 0. The number of alkyl halides is 1. The van der Waals surface area contributed by atoms with Gasteiger partial charge in [-0.1, -0.05) is 15.9 Å². The summed E-state index contributed by atoms with van der Waals surface area (Å²) in [6, 6.07) is 0. The summed E-state index contributed by atoms with van der Waals surface area (Å²) in [5.74, 6) is 0. The molecule has 0 saturated carbocycles. The number of halogens is 1. The highest BCUT2D eigenvalue weighted by atomic mass is 79.9. The first-order valence-electron chi connectivity index (χ1n) is 6.49. The summed E-state index contributed by atoms with van der Waals surface area (Å²) in [7, 11) is 1.40. The van der Waals surface area contributed by atoms with Gasteiger partial charge in [0.25, 0.3) is 0 Å². The molecule has 1 fully saturated rings. The lowest BCUT2D eigenvalue weighted by atomic mass is 9.82. The summed E-state index contributed by atoms with van der Waals surface area (Å²) in [4.78, 5) is 34.5. The lowest BCUT2D eigenvalue weighted by Gasteiger charge is -2.35. The fourth-order valence-electron chi connectivity index (χ4n) is 2.45. The Morgan fingerprint density at radius 1 is 1.43 bits per heavy atom. The topological polar surface area (TPSA) is 96.4 Å². The average molecular weight is 362 g/mol. The number of rotatable bonds is 4. The Bertz CT molecular complexity index is 660. The van der Waals surface area contributed by atoms with Gasteiger partial charge in [-0.05, 0) is 12.8 Å². The van der Waals surface area contributed by atoms with Crippen LogP contribution in [0.4, 0.5) is 5.69 Å². The van der Waals surface area contributed by atoms with Gasteiger partial charge in [-0.2, -0.15) is 0 Å². The quantitative estimate of drug-likeness (QED) is 0.445. The van der Waals surface area contributed by atoms with Crippen molar-refractivity contribution in [3.05, 3.63) is 37.1 Å². The fourth-order valence-corrected chi connectivity index (χ4v) is 3.19. The van der Waals surface area contributed by atoms with Crippen LogP contribution in [0.15, 0.2) is 15.8 Å². The van der Waals surface area contributed by atoms with E-state index in [2.05, 4.69) is 15.9 Å². The van der Waals surface area contributed by atoms with E-state index in [9.17, 15) is 19.7 Å². The third kappa shape index (κ3) is 3.08. The number of nitrogens with zero attached hydrogens (tertiary/aromatic N) is 3. The van der Waals surface area contributed by atoms with Crippen LogP contribution >= 0.6 is 15.9 Å². The molecular formula is C12H16BrN3O5. The molecule has 0 amide bonds. The Hall–Kier alpha value is -1.48. The minimum Gasteiger partial charge on any atom is -0.381 e. The van der Waals surface area contributed by atoms with E-state index < -0.39 is 21.9 Å². The Kier molecular flexibility index (Phi) is 4.62. The zero-order chi connectivity index (χ0) is 15.6. The Morgan fingerprint density at radius 2 is 2.05 bits per heavy atom. The maximum Gasteiger partial charge on any atom is 0.350 e. The Labute approximate surface area is 128 Å². The van der Waals surface area contributed by atoms with Crippen LogP contribution in [0, 0.1) is 15.5 Å². The molecule has 2 heterocycles. The van der Waals surface area contributed by atoms with Gasteiger partial charge in [0.15, 0.2) is 0 Å². The van der Waals surface area contributed by atoms with Crippen molar-refractivity contribution in [2.24, 2.45) is 12.5 Å². The van der Waals surface area contributed by atoms with Gasteiger partial charge in [0.2, 0.25) is 0 Å². The lowest BCUT2D eigenvalue weighted by molar-refractivity contribution is -0.387. The second-order valence-electron chi connectivity index (χ2n) is 5.30. The molecule has 2 rings (SSSR count). The molecule has 0 aromatic carbocycles. The van der Waals surface area contributed by atoms with Crippen molar-refractivity contribution in [2.75, 3.05) is 18.5 Å². The van der Waals surface area contributed by atoms with Crippen molar-refractivity contribution in [1.29, 1.82) is 0 Å². The van der Waals surface area contributed by atoms with Gasteiger partial charge in [-0.15, -0.1) is 0 Å². The van der Waals surface area contributed by atoms with E-state index >= 15 is 0 Å². The summed E-state index contributed by atoms with van der Waals surface area (Å²) in [6.07, 6.45) is 2.35. The van der Waals surface area contributed by atoms with E-state index in [1.165, 1.54) is 7.05 Å². The predicted molar refractivity (Wildman–Crippen MR) is 78.9 cm³/mol. The largest absolute Gasteiger partial charge is 0.381 e. The predicted octanol–water partition coefficient (Wildman–Crippen LogP) is 0.647. The molecule has 21 heavy (non-hydrogen) atoms. The van der Waals surface area contributed by atoms with Gasteiger partial charge >= 0.3 is 16.9 Å². The minimum absolute atomic E-state index is 0.148. The van der Waals surface area contributed by atoms with Gasteiger partial charge < -0.3 is 4.74 Å². The second-order valence-corrected chi connectivity index (χ2v) is 5.86. The Morgan fingerprint density at radius 3 is 2.57 bits per heavy atom. The van der Waals surface area contributed by atoms with E-state index in [4.69, 9.17) is 4.74 Å². The van der Waals surface area contributed by atoms with Crippen molar-refractivity contribution in [3.63, 3.8) is 0 Å². The monoisotopic (exact) mass is 361 g/mol. The first kappa shape index (κ1) is 15.9. The molecule has 8 nitrogen and oxygen atoms in total. The molecule has 0 radical (unpaired) electrons. The Balaban J connectivity index is 2.50. The second kappa shape index (κ2) is 6.10. The highest BCUT2D eigenvalue weighted by Gasteiger charge is 2.34. The molecule has 0 atom stereocenters. The van der Waals surface area contributed by atoms with Crippen molar-refractivity contribution < 1.29 is 9.66 Å². The van der Waals surface area contributed by atoms with Crippen LogP contribution in [0.3, 0.4) is 0 Å². The molecule has 1 aromatic rings. The van der Waals surface area contributed by atoms with Crippen molar-refractivity contribution in [1.82, 2.24) is 9.13 Å². The summed E-state index contributed by atoms with van der Waals surface area (Å²) in [5.41, 5.74) is -2.29. The molecule has 0 aliphatic carbocycles. The molecule has 0 unspecified atom stereocenters. The van der Waals surface area contributed by atoms with Gasteiger partial charge in [0, 0.05) is 37.6 Å². The summed E-state index contributed by atoms with van der Waals surface area (Å²) in [5, 5.41) is 11.5. The lowest BCUT2D eigenvalue weighted by Crippen LogP contribution is -2.46. The maximum absolute atomic E-state index is 12.2. The molecule has 1 aliphatic rings. The van der Waals surface area contributed by atoms with Gasteiger partial charge in [-0.3, -0.25) is 24.0 Å². The summed E-state index contributed by atoms with van der Waals surface area (Å²) < 4.78 is 7.34. The first-order chi connectivity index (χ1) is 9.90. The molecule has 1 aromatic heterocycles. The van der Waals surface area contributed by atoms with E-state index in [1.54, 1.807) is 0 Å². The van der Waals surface area contributed by atoms with Crippen molar-refractivity contribution >= 4 is 21.6 Å². The third-order valence-electron chi connectivity index (χ3n) is 3.84. The molecule has 0 N–H and O–H groups in total.